The summed E-state index contributed by atoms with van der Waals surface area (Å²) >= 11 is 0. The fourth-order valence-corrected chi connectivity index (χ4v) is 2.47. The van der Waals surface area contributed by atoms with Crippen LogP contribution in [-0.2, 0) is 6.42 Å². The third-order valence-electron chi connectivity index (χ3n) is 3.94. The molecule has 0 aliphatic rings. The van der Waals surface area contributed by atoms with E-state index >= 15 is 0 Å². The number of aliphatic imine (C=N–C) groups is 1. The number of ether oxygens (including phenoxy) is 2. The third kappa shape index (κ3) is 7.17. The molecule has 3 rings (SSSR count). The average molecular weight is 524 g/mol. The van der Waals surface area contributed by atoms with Crippen LogP contribution in [0.3, 0.4) is 0 Å². The molecule has 10 heteroatoms. The summed E-state index contributed by atoms with van der Waals surface area (Å²) in [6.07, 6.45) is 2.29. The van der Waals surface area contributed by atoms with Gasteiger partial charge < -0.3 is 24.6 Å². The predicted octanol–water partition coefficient (Wildman–Crippen LogP) is 2.54. The van der Waals surface area contributed by atoms with E-state index < -0.39 is 0 Å². The lowest BCUT2D eigenvalue weighted by Gasteiger charge is -2.12. The van der Waals surface area contributed by atoms with E-state index in [1.807, 2.05) is 42.5 Å². The summed E-state index contributed by atoms with van der Waals surface area (Å²) in [6.45, 7) is 1.73. The number of guanidine groups is 1. The first-order valence-electron chi connectivity index (χ1n) is 9.24. The van der Waals surface area contributed by atoms with Crippen molar-refractivity contribution in [3.63, 3.8) is 0 Å². The predicted molar refractivity (Wildman–Crippen MR) is 125 cm³/mol. The van der Waals surface area contributed by atoms with Crippen LogP contribution in [-0.4, -0.2) is 54.9 Å². The molecule has 1 aromatic carbocycles. The van der Waals surface area contributed by atoms with Gasteiger partial charge in [0.05, 0.1) is 13.7 Å². The summed E-state index contributed by atoms with van der Waals surface area (Å²) < 4.78 is 16.1. The van der Waals surface area contributed by atoms with Gasteiger partial charge in [-0.05, 0) is 36.4 Å². The molecule has 2 aromatic heterocycles. The molecule has 0 bridgehead atoms. The Balaban J connectivity index is 0.00000320. The van der Waals surface area contributed by atoms with Crippen LogP contribution in [0.4, 0.5) is 0 Å². The first kappa shape index (κ1) is 23.4. The van der Waals surface area contributed by atoms with E-state index in [2.05, 4.69) is 30.8 Å². The minimum Gasteiger partial charge on any atom is -0.497 e. The maximum Gasteiger partial charge on any atom is 0.276 e. The van der Waals surface area contributed by atoms with Gasteiger partial charge in [-0.25, -0.2) is 0 Å². The van der Waals surface area contributed by atoms with Crippen molar-refractivity contribution in [2.24, 2.45) is 4.99 Å². The molecule has 2 heterocycles. The van der Waals surface area contributed by atoms with Gasteiger partial charge in [0, 0.05) is 26.2 Å². The van der Waals surface area contributed by atoms with Gasteiger partial charge in [-0.3, -0.25) is 9.98 Å². The van der Waals surface area contributed by atoms with Gasteiger partial charge in [-0.15, -0.1) is 24.0 Å². The largest absolute Gasteiger partial charge is 0.497 e. The van der Waals surface area contributed by atoms with E-state index in [1.54, 1.807) is 20.4 Å². The summed E-state index contributed by atoms with van der Waals surface area (Å²) in [4.78, 5) is 12.7. The zero-order chi connectivity index (χ0) is 20.3. The third-order valence-corrected chi connectivity index (χ3v) is 3.94. The van der Waals surface area contributed by atoms with Crippen LogP contribution in [0.5, 0.6) is 11.5 Å². The van der Waals surface area contributed by atoms with E-state index in [-0.39, 0.29) is 24.0 Å². The number of hydrogen-bond donors (Lipinski definition) is 2. The molecule has 3 aromatic rings. The fourth-order valence-electron chi connectivity index (χ4n) is 2.47. The van der Waals surface area contributed by atoms with E-state index in [9.17, 15) is 0 Å². The lowest BCUT2D eigenvalue weighted by molar-refractivity contribution is 0.321. The van der Waals surface area contributed by atoms with Crippen LogP contribution in [0.1, 0.15) is 5.82 Å². The molecule has 0 atom stereocenters. The Morgan fingerprint density at radius 3 is 2.53 bits per heavy atom. The molecular formula is C20H25IN6O3. The minimum atomic E-state index is 0. The second-order valence-electron chi connectivity index (χ2n) is 5.93. The summed E-state index contributed by atoms with van der Waals surface area (Å²) in [7, 11) is 3.35. The second-order valence-corrected chi connectivity index (χ2v) is 5.93. The molecule has 30 heavy (non-hydrogen) atoms. The zero-order valence-corrected chi connectivity index (χ0v) is 19.2. The smallest absolute Gasteiger partial charge is 0.276 e. The lowest BCUT2D eigenvalue weighted by Crippen LogP contribution is -2.40. The first-order valence-corrected chi connectivity index (χ1v) is 9.24. The summed E-state index contributed by atoms with van der Waals surface area (Å²) in [5, 5.41) is 10.4. The van der Waals surface area contributed by atoms with Crippen molar-refractivity contribution < 1.29 is 14.0 Å². The van der Waals surface area contributed by atoms with Gasteiger partial charge in [0.25, 0.3) is 5.89 Å². The average Bonchev–Trinajstić information content (AvgIpc) is 3.25. The monoisotopic (exact) mass is 524 g/mol. The number of hydrogen-bond acceptors (Lipinski definition) is 7. The van der Waals surface area contributed by atoms with Crippen LogP contribution in [0.2, 0.25) is 0 Å². The Morgan fingerprint density at radius 1 is 1.07 bits per heavy atom. The van der Waals surface area contributed by atoms with E-state index in [0.717, 1.165) is 11.5 Å². The quantitative estimate of drug-likeness (QED) is 0.191. The molecule has 0 aliphatic carbocycles. The number of pyridine rings is 1. The highest BCUT2D eigenvalue weighted by molar-refractivity contribution is 14.0. The lowest BCUT2D eigenvalue weighted by atomic mass is 10.3. The molecule has 2 N–H and O–H groups in total. The molecular weight excluding hydrogens is 499 g/mol. The molecule has 0 amide bonds. The highest BCUT2D eigenvalue weighted by Crippen LogP contribution is 2.16. The Labute approximate surface area is 192 Å². The van der Waals surface area contributed by atoms with Crippen molar-refractivity contribution in [1.29, 1.82) is 0 Å². The van der Waals surface area contributed by atoms with Crippen LogP contribution >= 0.6 is 24.0 Å². The summed E-state index contributed by atoms with van der Waals surface area (Å²) in [5.74, 6) is 3.29. The van der Waals surface area contributed by atoms with Gasteiger partial charge in [-0.1, -0.05) is 11.2 Å². The Kier molecular flexibility index (Phi) is 9.84. The molecule has 0 saturated heterocycles. The summed E-state index contributed by atoms with van der Waals surface area (Å²) in [5.41, 5.74) is 0.661. The number of aromatic nitrogens is 3. The highest BCUT2D eigenvalue weighted by atomic mass is 127. The second kappa shape index (κ2) is 12.6. The highest BCUT2D eigenvalue weighted by Gasteiger charge is 2.09. The van der Waals surface area contributed by atoms with E-state index in [1.165, 1.54) is 0 Å². The Hall–Kier alpha value is -2.89. The van der Waals surface area contributed by atoms with Gasteiger partial charge in [0.2, 0.25) is 0 Å². The van der Waals surface area contributed by atoms with Crippen molar-refractivity contribution in [3.05, 3.63) is 54.5 Å². The molecule has 0 saturated carbocycles. The van der Waals surface area contributed by atoms with Gasteiger partial charge in [0.1, 0.15) is 23.8 Å². The van der Waals surface area contributed by atoms with Crippen LogP contribution in [0.15, 0.2) is 58.2 Å². The number of methoxy groups -OCH3 is 1. The van der Waals surface area contributed by atoms with Gasteiger partial charge in [-0.2, -0.15) is 4.98 Å². The van der Waals surface area contributed by atoms with Crippen LogP contribution in [0, 0.1) is 0 Å². The van der Waals surface area contributed by atoms with Crippen molar-refractivity contribution in [2.75, 3.05) is 33.9 Å². The zero-order valence-electron chi connectivity index (χ0n) is 16.9. The fraction of sp³-hybridized carbons (Fsp3) is 0.300. The van der Waals surface area contributed by atoms with Crippen LogP contribution in [0.25, 0.3) is 11.6 Å². The van der Waals surface area contributed by atoms with Crippen molar-refractivity contribution in [2.45, 2.75) is 6.42 Å². The van der Waals surface area contributed by atoms with Crippen LogP contribution < -0.4 is 20.1 Å². The molecule has 0 radical (unpaired) electrons. The SMILES string of the molecule is CN=C(NCCOc1ccc(OC)cc1)NCCc1noc(-c2ccccn2)n1.I. The normalized spacial score (nSPS) is 10.8. The number of nitrogens with one attached hydrogen (secondary N) is 2. The molecule has 160 valence electrons. The van der Waals surface area contributed by atoms with Gasteiger partial charge >= 0.3 is 0 Å². The molecule has 0 aliphatic heterocycles. The van der Waals surface area contributed by atoms with E-state index in [4.69, 9.17) is 14.0 Å². The number of nitrogens with zero attached hydrogens (tertiary/aromatic N) is 4. The molecule has 0 fully saturated rings. The van der Waals surface area contributed by atoms with Gasteiger partial charge in [0.15, 0.2) is 11.8 Å². The van der Waals surface area contributed by atoms with Crippen molar-refractivity contribution in [3.8, 4) is 23.1 Å². The molecule has 0 spiro atoms. The number of rotatable bonds is 9. The topological polar surface area (TPSA) is 107 Å². The Morgan fingerprint density at radius 2 is 1.83 bits per heavy atom. The minimum absolute atomic E-state index is 0. The first-order chi connectivity index (χ1) is 14.3. The van der Waals surface area contributed by atoms with Crippen molar-refractivity contribution in [1.82, 2.24) is 25.8 Å². The summed E-state index contributed by atoms with van der Waals surface area (Å²) in [6, 6.07) is 13.0. The number of benzene rings is 1. The maximum absolute atomic E-state index is 5.68. The molecule has 0 unspecified atom stereocenters. The molecule has 9 nitrogen and oxygen atoms in total. The maximum atomic E-state index is 5.68. The van der Waals surface area contributed by atoms with Crippen molar-refractivity contribution >= 4 is 29.9 Å². The standard InChI is InChI=1S/C20H24N6O3.HI/c1-21-20(24-13-14-28-16-8-6-15(27-2)7-9-16)23-12-10-18-25-19(29-26-18)17-5-3-4-11-22-17;/h3-9,11H,10,12-14H2,1-2H3,(H2,21,23,24);1H. The van der Waals surface area contributed by atoms with E-state index in [0.29, 0.717) is 49.5 Å². The Bertz CT molecular complexity index is 902. The number of halogens is 1.